The highest BCUT2D eigenvalue weighted by atomic mass is 16.5. The van der Waals surface area contributed by atoms with Gasteiger partial charge in [0.1, 0.15) is 11.8 Å². The molecule has 1 saturated heterocycles. The average molecular weight is 305 g/mol. The van der Waals surface area contributed by atoms with E-state index in [0.29, 0.717) is 36.8 Å². The van der Waals surface area contributed by atoms with Gasteiger partial charge < -0.3 is 14.7 Å². The summed E-state index contributed by atoms with van der Waals surface area (Å²) >= 11 is 0. The van der Waals surface area contributed by atoms with E-state index in [-0.39, 0.29) is 5.91 Å². The molecule has 1 heterocycles. The average Bonchev–Trinajstić information content (AvgIpc) is 2.52. The van der Waals surface area contributed by atoms with E-state index in [4.69, 9.17) is 4.74 Å². The fourth-order valence-corrected chi connectivity index (χ4v) is 2.58. The van der Waals surface area contributed by atoms with Crippen LogP contribution in [0.4, 0.5) is 0 Å². The van der Waals surface area contributed by atoms with Crippen LogP contribution in [0.25, 0.3) is 0 Å². The summed E-state index contributed by atoms with van der Waals surface area (Å²) in [5.41, 5.74) is 0.481. The van der Waals surface area contributed by atoms with Crippen LogP contribution in [0, 0.1) is 5.92 Å². The lowest BCUT2D eigenvalue weighted by Crippen LogP contribution is -2.47. The van der Waals surface area contributed by atoms with Crippen molar-refractivity contribution in [3.8, 4) is 5.75 Å². The van der Waals surface area contributed by atoms with Crippen molar-refractivity contribution in [1.82, 2.24) is 4.90 Å². The molecule has 1 atom stereocenters. The van der Waals surface area contributed by atoms with Crippen molar-refractivity contribution in [1.29, 1.82) is 0 Å². The molecule has 1 aliphatic heterocycles. The molecule has 0 aliphatic carbocycles. The number of carbonyl (C=O) groups excluding carboxylic acids is 1. The van der Waals surface area contributed by atoms with E-state index in [1.165, 1.54) is 4.90 Å². The molecule has 1 amide bonds. The third kappa shape index (κ3) is 4.00. The van der Waals surface area contributed by atoms with Crippen molar-refractivity contribution in [3.63, 3.8) is 0 Å². The molecule has 5 nitrogen and oxygen atoms in total. The Hall–Kier alpha value is -2.04. The maximum Gasteiger partial charge on any atom is 0.326 e. The number of ether oxygens (including phenoxy) is 1. The Bertz CT molecular complexity index is 541. The molecular weight excluding hydrogens is 282 g/mol. The fraction of sp³-hybridized carbons (Fsp3) is 0.529. The van der Waals surface area contributed by atoms with Gasteiger partial charge in [-0.15, -0.1) is 0 Å². The predicted octanol–water partition coefficient (Wildman–Crippen LogP) is 2.80. The number of amides is 1. The van der Waals surface area contributed by atoms with Crippen molar-refractivity contribution < 1.29 is 19.4 Å². The topological polar surface area (TPSA) is 66.8 Å². The summed E-state index contributed by atoms with van der Waals surface area (Å²) in [7, 11) is 0. The molecule has 120 valence electrons. The van der Waals surface area contributed by atoms with Crippen LogP contribution in [-0.4, -0.2) is 41.1 Å². The number of rotatable bonds is 5. The van der Waals surface area contributed by atoms with Gasteiger partial charge >= 0.3 is 5.97 Å². The summed E-state index contributed by atoms with van der Waals surface area (Å²) in [6, 6.07) is 6.25. The highest BCUT2D eigenvalue weighted by Crippen LogP contribution is 2.22. The van der Waals surface area contributed by atoms with Crippen molar-refractivity contribution in [2.45, 2.75) is 39.2 Å². The van der Waals surface area contributed by atoms with E-state index in [1.807, 2.05) is 6.07 Å². The second-order valence-electron chi connectivity index (χ2n) is 6.08. The van der Waals surface area contributed by atoms with Crippen LogP contribution in [0.2, 0.25) is 0 Å². The number of nitrogens with zero attached hydrogens (tertiary/aromatic N) is 1. The predicted molar refractivity (Wildman–Crippen MR) is 83.1 cm³/mol. The van der Waals surface area contributed by atoms with Crippen molar-refractivity contribution in [2.75, 3.05) is 13.2 Å². The Labute approximate surface area is 130 Å². The first kappa shape index (κ1) is 16.3. The third-order valence-corrected chi connectivity index (χ3v) is 3.71. The largest absolute Gasteiger partial charge is 0.493 e. The lowest BCUT2D eigenvalue weighted by molar-refractivity contribution is -0.143. The van der Waals surface area contributed by atoms with Gasteiger partial charge in [-0.25, -0.2) is 4.79 Å². The first-order valence-electron chi connectivity index (χ1n) is 7.75. The second kappa shape index (κ2) is 7.29. The number of hydrogen-bond donors (Lipinski definition) is 1. The van der Waals surface area contributed by atoms with Gasteiger partial charge in [0.2, 0.25) is 0 Å². The van der Waals surface area contributed by atoms with Gasteiger partial charge in [-0.2, -0.15) is 0 Å². The lowest BCUT2D eigenvalue weighted by atomic mass is 10.0. The molecule has 1 aromatic carbocycles. The third-order valence-electron chi connectivity index (χ3n) is 3.71. The van der Waals surface area contributed by atoms with Crippen LogP contribution in [0.3, 0.4) is 0 Å². The summed E-state index contributed by atoms with van der Waals surface area (Å²) in [6.45, 7) is 5.19. The molecule has 2 rings (SSSR count). The Balaban J connectivity index is 2.14. The first-order chi connectivity index (χ1) is 10.5. The lowest BCUT2D eigenvalue weighted by Gasteiger charge is -2.33. The van der Waals surface area contributed by atoms with Crippen LogP contribution in [0.5, 0.6) is 5.75 Å². The van der Waals surface area contributed by atoms with Gasteiger partial charge in [0.15, 0.2) is 0 Å². The van der Waals surface area contributed by atoms with Crippen molar-refractivity contribution in [3.05, 3.63) is 29.8 Å². The Kier molecular flexibility index (Phi) is 5.41. The van der Waals surface area contributed by atoms with Crippen LogP contribution < -0.4 is 4.74 Å². The first-order valence-corrected chi connectivity index (χ1v) is 7.75. The zero-order valence-electron chi connectivity index (χ0n) is 13.1. The molecule has 0 spiro atoms. The quantitative estimate of drug-likeness (QED) is 0.908. The standard InChI is InChI=1S/C17H23NO4/c1-12(2)11-22-14-7-5-6-13(10-14)16(19)18-9-4-3-8-15(18)17(20)21/h5-7,10,12,15H,3-4,8-9,11H2,1-2H3,(H,20,21)/t15-/m1/s1. The van der Waals surface area contributed by atoms with Crippen LogP contribution in [0.15, 0.2) is 24.3 Å². The van der Waals surface area contributed by atoms with E-state index in [2.05, 4.69) is 13.8 Å². The summed E-state index contributed by atoms with van der Waals surface area (Å²) in [6.07, 6.45) is 2.21. The number of likely N-dealkylation sites (tertiary alicyclic amines) is 1. The van der Waals surface area contributed by atoms with Gasteiger partial charge in [-0.1, -0.05) is 19.9 Å². The molecular formula is C17H23NO4. The summed E-state index contributed by atoms with van der Waals surface area (Å²) in [4.78, 5) is 25.4. The zero-order chi connectivity index (χ0) is 16.1. The molecule has 0 aromatic heterocycles. The molecule has 0 saturated carbocycles. The maximum absolute atomic E-state index is 12.6. The number of piperidine rings is 1. The minimum atomic E-state index is -0.930. The minimum Gasteiger partial charge on any atom is -0.493 e. The smallest absolute Gasteiger partial charge is 0.326 e. The van der Waals surface area contributed by atoms with E-state index in [0.717, 1.165) is 12.8 Å². The molecule has 1 N–H and O–H groups in total. The van der Waals surface area contributed by atoms with Crippen LogP contribution in [0.1, 0.15) is 43.5 Å². The monoisotopic (exact) mass is 305 g/mol. The molecule has 0 bridgehead atoms. The number of aliphatic carboxylic acids is 1. The number of carboxylic acids is 1. The Morgan fingerprint density at radius 1 is 1.36 bits per heavy atom. The van der Waals surface area contributed by atoms with Crippen molar-refractivity contribution in [2.24, 2.45) is 5.92 Å². The van der Waals surface area contributed by atoms with E-state index in [1.54, 1.807) is 18.2 Å². The molecule has 22 heavy (non-hydrogen) atoms. The van der Waals surface area contributed by atoms with Gasteiger partial charge in [0.05, 0.1) is 6.61 Å². The molecule has 1 aliphatic rings. The summed E-state index contributed by atoms with van der Waals surface area (Å²) in [5, 5.41) is 9.29. The SMILES string of the molecule is CC(C)COc1cccc(C(=O)N2CCCC[C@@H]2C(=O)O)c1. The molecule has 5 heteroatoms. The Morgan fingerprint density at radius 3 is 2.82 bits per heavy atom. The van der Waals surface area contributed by atoms with Gasteiger partial charge in [0, 0.05) is 12.1 Å². The molecule has 0 radical (unpaired) electrons. The van der Waals surface area contributed by atoms with E-state index >= 15 is 0 Å². The normalized spacial score (nSPS) is 18.3. The molecule has 0 unspecified atom stereocenters. The Morgan fingerprint density at radius 2 is 2.14 bits per heavy atom. The van der Waals surface area contributed by atoms with Gasteiger partial charge in [-0.3, -0.25) is 4.79 Å². The number of benzene rings is 1. The molecule has 1 fully saturated rings. The van der Waals surface area contributed by atoms with E-state index < -0.39 is 12.0 Å². The fourth-order valence-electron chi connectivity index (χ4n) is 2.58. The van der Waals surface area contributed by atoms with Crippen molar-refractivity contribution >= 4 is 11.9 Å². The number of carboxylic acid groups (broad SMARTS) is 1. The zero-order valence-corrected chi connectivity index (χ0v) is 13.1. The van der Waals surface area contributed by atoms with Gasteiger partial charge in [-0.05, 0) is 43.4 Å². The second-order valence-corrected chi connectivity index (χ2v) is 6.08. The highest BCUT2D eigenvalue weighted by molar-refractivity contribution is 5.97. The van der Waals surface area contributed by atoms with E-state index in [9.17, 15) is 14.7 Å². The van der Waals surface area contributed by atoms with Gasteiger partial charge in [0.25, 0.3) is 5.91 Å². The number of hydrogen-bond acceptors (Lipinski definition) is 3. The summed E-state index contributed by atoms with van der Waals surface area (Å²) in [5.74, 6) is -0.122. The highest BCUT2D eigenvalue weighted by Gasteiger charge is 2.32. The maximum atomic E-state index is 12.6. The van der Waals surface area contributed by atoms with Crippen LogP contribution >= 0.6 is 0 Å². The summed E-state index contributed by atoms with van der Waals surface area (Å²) < 4.78 is 5.63. The molecule has 1 aromatic rings. The minimum absolute atomic E-state index is 0.234. The van der Waals surface area contributed by atoms with Crippen LogP contribution in [-0.2, 0) is 4.79 Å². The number of carbonyl (C=O) groups is 2.